The van der Waals surface area contributed by atoms with Gasteiger partial charge in [-0.05, 0) is 6.92 Å². The van der Waals surface area contributed by atoms with E-state index in [0.717, 1.165) is 0 Å². The van der Waals surface area contributed by atoms with Crippen LogP contribution >= 0.6 is 0 Å². The molecule has 3 N–H and O–H groups in total. The van der Waals surface area contributed by atoms with Crippen molar-refractivity contribution in [2.75, 3.05) is 7.11 Å². The van der Waals surface area contributed by atoms with Crippen LogP contribution < -0.4 is 5.73 Å². The average Bonchev–Trinajstić information content (AvgIpc) is 1.65. The molecule has 0 aliphatic rings. The third-order valence-corrected chi connectivity index (χ3v) is 0.792. The van der Waals surface area contributed by atoms with Crippen LogP contribution in [0.1, 0.15) is 6.92 Å². The van der Waals surface area contributed by atoms with E-state index in [0.29, 0.717) is 0 Å². The van der Waals surface area contributed by atoms with Crippen LogP contribution in [0.25, 0.3) is 0 Å². The van der Waals surface area contributed by atoms with E-state index < -0.39 is 0 Å². The third kappa shape index (κ3) is 2.17. The van der Waals surface area contributed by atoms with Crippen molar-refractivity contribution in [3.05, 3.63) is 0 Å². The van der Waals surface area contributed by atoms with Crippen LogP contribution in [0.2, 0.25) is 0 Å². The first kappa shape index (κ1) is 6.43. The second kappa shape index (κ2) is 2.58. The topological polar surface area (TPSA) is 59.1 Å². The normalized spacial score (nSPS) is 13.4. The summed E-state index contributed by atoms with van der Waals surface area (Å²) in [5.74, 6) is 0.0718. The SMILES string of the molecule is COC(C)C(=N)N. The maximum absolute atomic E-state index is 6.75. The first-order valence-electron chi connectivity index (χ1n) is 2.05. The predicted molar refractivity (Wildman–Crippen MR) is 28.4 cm³/mol. The van der Waals surface area contributed by atoms with Gasteiger partial charge >= 0.3 is 0 Å². The number of hydrogen-bond donors (Lipinski definition) is 2. The Morgan fingerprint density at radius 2 is 2.29 bits per heavy atom. The minimum absolute atomic E-state index is 0.0718. The van der Waals surface area contributed by atoms with Gasteiger partial charge in [0.2, 0.25) is 0 Å². The minimum Gasteiger partial charge on any atom is -0.385 e. The molecule has 0 saturated heterocycles. The summed E-state index contributed by atoms with van der Waals surface area (Å²) in [4.78, 5) is 0. The summed E-state index contributed by atoms with van der Waals surface area (Å²) in [7, 11) is 1.52. The zero-order valence-electron chi connectivity index (χ0n) is 4.56. The Bertz CT molecular complexity index is 72.1. The van der Waals surface area contributed by atoms with Crippen LogP contribution in [0.3, 0.4) is 0 Å². The monoisotopic (exact) mass is 102 g/mol. The summed E-state index contributed by atoms with van der Waals surface area (Å²) in [6.07, 6.45) is -0.236. The average molecular weight is 102 g/mol. The van der Waals surface area contributed by atoms with Crippen molar-refractivity contribution < 1.29 is 4.74 Å². The van der Waals surface area contributed by atoms with Gasteiger partial charge in [-0.15, -0.1) is 0 Å². The minimum atomic E-state index is -0.236. The van der Waals surface area contributed by atoms with Gasteiger partial charge in [0, 0.05) is 7.11 Å². The van der Waals surface area contributed by atoms with E-state index in [2.05, 4.69) is 4.74 Å². The van der Waals surface area contributed by atoms with Gasteiger partial charge in [-0.1, -0.05) is 0 Å². The second-order valence-electron chi connectivity index (χ2n) is 1.33. The molecule has 3 nitrogen and oxygen atoms in total. The lowest BCUT2D eigenvalue weighted by Crippen LogP contribution is -2.26. The molecule has 0 saturated carbocycles. The maximum atomic E-state index is 6.75. The van der Waals surface area contributed by atoms with Gasteiger partial charge in [-0.2, -0.15) is 0 Å². The molecule has 42 valence electrons. The molecule has 0 spiro atoms. The van der Waals surface area contributed by atoms with Crippen molar-refractivity contribution in [3.8, 4) is 0 Å². The second-order valence-corrected chi connectivity index (χ2v) is 1.33. The standard InChI is InChI=1S/C4H10N2O/c1-3(7-2)4(5)6/h3H,1-2H3,(H3,5,6). The molecule has 1 unspecified atom stereocenters. The molecule has 0 aromatic carbocycles. The number of amidine groups is 1. The fourth-order valence-electron chi connectivity index (χ4n) is 0.127. The summed E-state index contributed by atoms with van der Waals surface area (Å²) >= 11 is 0. The quantitative estimate of drug-likeness (QED) is 0.379. The smallest absolute Gasteiger partial charge is 0.120 e. The van der Waals surface area contributed by atoms with Crippen molar-refractivity contribution in [2.45, 2.75) is 13.0 Å². The van der Waals surface area contributed by atoms with E-state index >= 15 is 0 Å². The molecule has 0 radical (unpaired) electrons. The first-order chi connectivity index (χ1) is 3.18. The third-order valence-electron chi connectivity index (χ3n) is 0.792. The van der Waals surface area contributed by atoms with E-state index in [1.54, 1.807) is 6.92 Å². The zero-order valence-corrected chi connectivity index (χ0v) is 4.56. The molecule has 0 aromatic heterocycles. The molecular weight excluding hydrogens is 92.1 g/mol. The molecule has 0 aliphatic heterocycles. The molecule has 0 bridgehead atoms. The van der Waals surface area contributed by atoms with E-state index in [1.165, 1.54) is 7.11 Å². The summed E-state index contributed by atoms with van der Waals surface area (Å²) in [5, 5.41) is 6.75. The molecule has 0 fully saturated rings. The van der Waals surface area contributed by atoms with Crippen LogP contribution in [0.5, 0.6) is 0 Å². The number of methoxy groups -OCH3 is 1. The molecule has 0 aromatic rings. The molecule has 3 heteroatoms. The van der Waals surface area contributed by atoms with Gasteiger partial charge in [0.25, 0.3) is 0 Å². The maximum Gasteiger partial charge on any atom is 0.120 e. The first-order valence-corrected chi connectivity index (χ1v) is 2.05. The van der Waals surface area contributed by atoms with Crippen molar-refractivity contribution in [1.29, 1.82) is 5.41 Å². The molecule has 7 heavy (non-hydrogen) atoms. The van der Waals surface area contributed by atoms with Crippen LogP contribution in [0.15, 0.2) is 0 Å². The Hall–Kier alpha value is -0.570. The van der Waals surface area contributed by atoms with Gasteiger partial charge in [0.15, 0.2) is 0 Å². The number of nitrogens with two attached hydrogens (primary N) is 1. The fraction of sp³-hybridized carbons (Fsp3) is 0.750. The zero-order chi connectivity index (χ0) is 5.86. The van der Waals surface area contributed by atoms with Crippen molar-refractivity contribution in [3.63, 3.8) is 0 Å². The summed E-state index contributed by atoms with van der Waals surface area (Å²) in [5.41, 5.74) is 5.00. The Balaban J connectivity index is 3.34. The lowest BCUT2D eigenvalue weighted by Gasteiger charge is -2.03. The molecule has 0 aliphatic carbocycles. The molecule has 0 heterocycles. The lowest BCUT2D eigenvalue weighted by molar-refractivity contribution is 0.169. The highest BCUT2D eigenvalue weighted by atomic mass is 16.5. The van der Waals surface area contributed by atoms with Crippen LogP contribution in [0, 0.1) is 5.41 Å². The van der Waals surface area contributed by atoms with Gasteiger partial charge in [-0.25, -0.2) is 0 Å². The number of rotatable bonds is 2. The summed E-state index contributed by atoms with van der Waals surface area (Å²) in [6.45, 7) is 1.72. The summed E-state index contributed by atoms with van der Waals surface area (Å²) in [6, 6.07) is 0. The van der Waals surface area contributed by atoms with E-state index in [-0.39, 0.29) is 11.9 Å². The van der Waals surface area contributed by atoms with Crippen LogP contribution in [0.4, 0.5) is 0 Å². The van der Waals surface area contributed by atoms with E-state index in [1.807, 2.05) is 0 Å². The number of hydrogen-bond acceptors (Lipinski definition) is 2. The van der Waals surface area contributed by atoms with Gasteiger partial charge < -0.3 is 10.5 Å². The Morgan fingerprint density at radius 1 is 1.86 bits per heavy atom. The Morgan fingerprint density at radius 3 is 2.29 bits per heavy atom. The Kier molecular flexibility index (Phi) is 2.37. The highest BCUT2D eigenvalue weighted by molar-refractivity contribution is 5.81. The highest BCUT2D eigenvalue weighted by Gasteiger charge is 1.98. The highest BCUT2D eigenvalue weighted by Crippen LogP contribution is 1.81. The van der Waals surface area contributed by atoms with Crippen LogP contribution in [-0.4, -0.2) is 19.0 Å². The Labute approximate surface area is 43.0 Å². The number of nitrogens with one attached hydrogen (secondary N) is 1. The van der Waals surface area contributed by atoms with Crippen molar-refractivity contribution >= 4 is 5.84 Å². The number of ether oxygens (including phenoxy) is 1. The predicted octanol–water partition coefficient (Wildman–Crippen LogP) is -0.0427. The van der Waals surface area contributed by atoms with Crippen LogP contribution in [-0.2, 0) is 4.74 Å². The van der Waals surface area contributed by atoms with Gasteiger partial charge in [0.05, 0.1) is 0 Å². The van der Waals surface area contributed by atoms with Gasteiger partial charge in [-0.3, -0.25) is 5.41 Å². The van der Waals surface area contributed by atoms with Gasteiger partial charge in [0.1, 0.15) is 11.9 Å². The van der Waals surface area contributed by atoms with E-state index in [9.17, 15) is 0 Å². The molecule has 1 atom stereocenters. The summed E-state index contributed by atoms with van der Waals surface area (Å²) < 4.78 is 4.66. The van der Waals surface area contributed by atoms with E-state index in [4.69, 9.17) is 11.1 Å². The van der Waals surface area contributed by atoms with Crippen molar-refractivity contribution in [2.24, 2.45) is 5.73 Å². The molecule has 0 rings (SSSR count). The lowest BCUT2D eigenvalue weighted by atomic mass is 10.4. The molecular formula is C4H10N2O. The molecule has 0 amide bonds. The fourth-order valence-corrected chi connectivity index (χ4v) is 0.127. The largest absolute Gasteiger partial charge is 0.385 e. The van der Waals surface area contributed by atoms with Crippen molar-refractivity contribution in [1.82, 2.24) is 0 Å².